The normalized spacial score (nSPS) is 11.1. The Morgan fingerprint density at radius 3 is 2.57 bits per heavy atom. The molecule has 0 saturated heterocycles. The summed E-state index contributed by atoms with van der Waals surface area (Å²) in [6.45, 7) is 0.139. The highest BCUT2D eigenvalue weighted by atomic mass is 79.9. The molecule has 1 N–H and O–H groups in total. The number of sulfonamides is 1. The summed E-state index contributed by atoms with van der Waals surface area (Å²) in [6.07, 6.45) is 0. The van der Waals surface area contributed by atoms with E-state index >= 15 is 0 Å². The summed E-state index contributed by atoms with van der Waals surface area (Å²) in [7, 11) is -3.74. The van der Waals surface area contributed by atoms with Gasteiger partial charge in [0, 0.05) is 11.0 Å². The third kappa shape index (κ3) is 3.83. The Labute approximate surface area is 136 Å². The minimum Gasteiger partial charge on any atom is -0.207 e. The Bertz CT molecular complexity index is 816. The molecule has 0 radical (unpaired) electrons. The predicted octanol–water partition coefficient (Wildman–Crippen LogP) is 3.45. The van der Waals surface area contributed by atoms with E-state index in [2.05, 4.69) is 20.7 Å². The Hall–Kier alpha value is -1.39. The highest BCUT2D eigenvalue weighted by Crippen LogP contribution is 2.23. The van der Waals surface area contributed by atoms with Gasteiger partial charge in [0.15, 0.2) is 0 Å². The van der Waals surface area contributed by atoms with E-state index in [1.807, 2.05) is 30.3 Å². The van der Waals surface area contributed by atoms with Gasteiger partial charge < -0.3 is 0 Å². The van der Waals surface area contributed by atoms with Gasteiger partial charge in [0.1, 0.15) is 4.90 Å². The standard InChI is InChI=1S/C14H10BrClN2O2S/c15-12-4-2-1-3-11(12)9-18-21(19,20)14-6-5-10(8-17)7-13(14)16/h1-7,18H,9H2. The van der Waals surface area contributed by atoms with E-state index in [1.54, 1.807) is 0 Å². The largest absolute Gasteiger partial charge is 0.242 e. The van der Waals surface area contributed by atoms with Gasteiger partial charge in [-0.15, -0.1) is 0 Å². The predicted molar refractivity (Wildman–Crippen MR) is 84.3 cm³/mol. The van der Waals surface area contributed by atoms with Crippen molar-refractivity contribution in [2.75, 3.05) is 0 Å². The summed E-state index contributed by atoms with van der Waals surface area (Å²) < 4.78 is 27.8. The van der Waals surface area contributed by atoms with Crippen molar-refractivity contribution in [3.8, 4) is 6.07 Å². The third-order valence-electron chi connectivity index (χ3n) is 2.76. The summed E-state index contributed by atoms with van der Waals surface area (Å²) in [5.74, 6) is 0. The average molecular weight is 386 g/mol. The van der Waals surface area contributed by atoms with E-state index in [4.69, 9.17) is 16.9 Å². The SMILES string of the molecule is N#Cc1ccc(S(=O)(=O)NCc2ccccc2Br)c(Cl)c1. The van der Waals surface area contributed by atoms with Crippen molar-refractivity contribution in [2.24, 2.45) is 0 Å². The van der Waals surface area contributed by atoms with Crippen molar-refractivity contribution in [2.45, 2.75) is 11.4 Å². The summed E-state index contributed by atoms with van der Waals surface area (Å²) in [6, 6.07) is 13.3. The molecule has 2 aromatic rings. The third-order valence-corrected chi connectivity index (χ3v) is 5.42. The number of benzene rings is 2. The molecule has 0 amide bonds. The zero-order valence-electron chi connectivity index (χ0n) is 10.7. The first-order valence-corrected chi connectivity index (χ1v) is 8.52. The van der Waals surface area contributed by atoms with Crippen LogP contribution in [0.25, 0.3) is 0 Å². The summed E-state index contributed by atoms with van der Waals surface area (Å²) in [4.78, 5) is -0.0461. The maximum absolute atomic E-state index is 12.2. The molecule has 21 heavy (non-hydrogen) atoms. The molecule has 7 heteroatoms. The van der Waals surface area contributed by atoms with Crippen LogP contribution in [0.15, 0.2) is 51.8 Å². The Morgan fingerprint density at radius 2 is 1.95 bits per heavy atom. The van der Waals surface area contributed by atoms with E-state index in [9.17, 15) is 8.42 Å². The molecule has 0 aliphatic carbocycles. The van der Waals surface area contributed by atoms with Crippen molar-refractivity contribution >= 4 is 37.6 Å². The Morgan fingerprint density at radius 1 is 1.24 bits per heavy atom. The molecule has 0 fully saturated rings. The summed E-state index contributed by atoms with van der Waals surface area (Å²) in [5, 5.41) is 8.78. The fourth-order valence-corrected chi connectivity index (χ4v) is 3.65. The minimum absolute atomic E-state index is 0.0219. The molecule has 108 valence electrons. The maximum Gasteiger partial charge on any atom is 0.242 e. The number of nitrogens with zero attached hydrogens (tertiary/aromatic N) is 1. The fraction of sp³-hybridized carbons (Fsp3) is 0.0714. The molecule has 2 rings (SSSR count). The number of halogens is 2. The summed E-state index contributed by atoms with van der Waals surface area (Å²) in [5.41, 5.74) is 1.12. The van der Waals surface area contributed by atoms with Crippen molar-refractivity contribution in [3.05, 3.63) is 63.1 Å². The quantitative estimate of drug-likeness (QED) is 0.876. The Balaban J connectivity index is 2.24. The smallest absolute Gasteiger partial charge is 0.207 e. The monoisotopic (exact) mass is 384 g/mol. The van der Waals surface area contributed by atoms with E-state index < -0.39 is 10.0 Å². The molecule has 0 unspecified atom stereocenters. The van der Waals surface area contributed by atoms with Crippen LogP contribution < -0.4 is 4.72 Å². The van der Waals surface area contributed by atoms with E-state index in [0.29, 0.717) is 5.56 Å². The first-order chi connectivity index (χ1) is 9.94. The molecular formula is C14H10BrClN2O2S. The number of hydrogen-bond acceptors (Lipinski definition) is 3. The summed E-state index contributed by atoms with van der Waals surface area (Å²) >= 11 is 9.28. The first-order valence-electron chi connectivity index (χ1n) is 5.87. The number of hydrogen-bond donors (Lipinski definition) is 1. The molecule has 0 aromatic heterocycles. The molecule has 0 bridgehead atoms. The molecular weight excluding hydrogens is 376 g/mol. The lowest BCUT2D eigenvalue weighted by Gasteiger charge is -2.09. The molecule has 0 aliphatic rings. The lowest BCUT2D eigenvalue weighted by molar-refractivity contribution is 0.581. The van der Waals surface area contributed by atoms with Crippen LogP contribution in [0.5, 0.6) is 0 Å². The average Bonchev–Trinajstić information content (AvgIpc) is 2.46. The zero-order chi connectivity index (χ0) is 15.5. The highest BCUT2D eigenvalue weighted by Gasteiger charge is 2.18. The van der Waals surface area contributed by atoms with Gasteiger partial charge in [-0.05, 0) is 29.8 Å². The lowest BCUT2D eigenvalue weighted by atomic mass is 10.2. The van der Waals surface area contributed by atoms with Crippen molar-refractivity contribution in [1.29, 1.82) is 5.26 Å². The van der Waals surface area contributed by atoms with Crippen LogP contribution >= 0.6 is 27.5 Å². The van der Waals surface area contributed by atoms with E-state index in [1.165, 1.54) is 18.2 Å². The van der Waals surface area contributed by atoms with E-state index in [-0.39, 0.29) is 16.5 Å². The van der Waals surface area contributed by atoms with Gasteiger partial charge in [-0.25, -0.2) is 13.1 Å². The van der Waals surface area contributed by atoms with Gasteiger partial charge in [-0.2, -0.15) is 5.26 Å². The van der Waals surface area contributed by atoms with Crippen LogP contribution in [0, 0.1) is 11.3 Å². The van der Waals surface area contributed by atoms with Crippen LogP contribution in [0.2, 0.25) is 5.02 Å². The molecule has 0 aliphatic heterocycles. The molecule has 2 aromatic carbocycles. The van der Waals surface area contributed by atoms with Gasteiger partial charge >= 0.3 is 0 Å². The number of rotatable bonds is 4. The first kappa shape index (κ1) is 16.0. The topological polar surface area (TPSA) is 70.0 Å². The van der Waals surface area contributed by atoms with Crippen LogP contribution in [-0.4, -0.2) is 8.42 Å². The lowest BCUT2D eigenvalue weighted by Crippen LogP contribution is -2.23. The van der Waals surface area contributed by atoms with Crippen LogP contribution in [-0.2, 0) is 16.6 Å². The van der Waals surface area contributed by atoms with Gasteiger partial charge in [-0.3, -0.25) is 0 Å². The van der Waals surface area contributed by atoms with Crippen LogP contribution in [0.3, 0.4) is 0 Å². The second kappa shape index (κ2) is 6.58. The second-order valence-corrected chi connectivity index (χ2v) is 7.17. The van der Waals surface area contributed by atoms with Gasteiger partial charge in [0.05, 0.1) is 16.7 Å². The van der Waals surface area contributed by atoms with Gasteiger partial charge in [0.2, 0.25) is 10.0 Å². The van der Waals surface area contributed by atoms with Gasteiger partial charge in [0.25, 0.3) is 0 Å². The van der Waals surface area contributed by atoms with Gasteiger partial charge in [-0.1, -0.05) is 45.7 Å². The van der Waals surface area contributed by atoms with Crippen molar-refractivity contribution in [1.82, 2.24) is 4.72 Å². The molecule has 0 saturated carbocycles. The van der Waals surface area contributed by atoms with Crippen molar-refractivity contribution < 1.29 is 8.42 Å². The Kier molecular flexibility index (Phi) is 5.01. The van der Waals surface area contributed by atoms with Crippen LogP contribution in [0.4, 0.5) is 0 Å². The minimum atomic E-state index is -3.74. The van der Waals surface area contributed by atoms with Crippen molar-refractivity contribution in [3.63, 3.8) is 0 Å². The zero-order valence-corrected chi connectivity index (χ0v) is 13.8. The maximum atomic E-state index is 12.2. The van der Waals surface area contributed by atoms with Crippen LogP contribution in [0.1, 0.15) is 11.1 Å². The molecule has 0 atom stereocenters. The molecule has 4 nitrogen and oxygen atoms in total. The highest BCUT2D eigenvalue weighted by molar-refractivity contribution is 9.10. The molecule has 0 spiro atoms. The number of nitriles is 1. The second-order valence-electron chi connectivity index (χ2n) is 4.17. The van der Waals surface area contributed by atoms with E-state index in [0.717, 1.165) is 10.0 Å². The fourth-order valence-electron chi connectivity index (χ4n) is 1.68. The molecule has 0 heterocycles. The number of nitrogens with one attached hydrogen (secondary N) is 1.